The van der Waals surface area contributed by atoms with Crippen LogP contribution in [0.4, 0.5) is 5.69 Å². The van der Waals surface area contributed by atoms with E-state index < -0.39 is 6.04 Å². The van der Waals surface area contributed by atoms with E-state index in [0.717, 1.165) is 31.6 Å². The molecule has 7 heteroatoms. The highest BCUT2D eigenvalue weighted by atomic mass is 35.5. The van der Waals surface area contributed by atoms with Crippen LogP contribution in [0.5, 0.6) is 0 Å². The minimum absolute atomic E-state index is 0.284. The molecule has 0 saturated heterocycles. The highest BCUT2D eigenvalue weighted by Gasteiger charge is 2.24. The number of anilines is 1. The van der Waals surface area contributed by atoms with Crippen molar-refractivity contribution in [2.24, 2.45) is 0 Å². The Hall–Kier alpha value is -2.67. The third kappa shape index (κ3) is 5.34. The van der Waals surface area contributed by atoms with Crippen molar-refractivity contribution in [2.45, 2.75) is 18.9 Å². The van der Waals surface area contributed by atoms with E-state index in [-0.39, 0.29) is 11.8 Å². The largest absolute Gasteiger partial charge is 0.336 e. The number of halogens is 1. The number of nitrogens with zero attached hydrogens (tertiary/aromatic N) is 1. The van der Waals surface area contributed by atoms with Gasteiger partial charge in [0.25, 0.3) is 11.8 Å². The monoisotopic (exact) mass is 453 g/mol. The molecule has 0 aliphatic carbocycles. The zero-order valence-electron chi connectivity index (χ0n) is 17.2. The first-order chi connectivity index (χ1) is 15.0. The smallest absolute Gasteiger partial charge is 0.262 e. The summed E-state index contributed by atoms with van der Waals surface area (Å²) in [6.07, 6.45) is 1.96. The van der Waals surface area contributed by atoms with Crippen molar-refractivity contribution >= 4 is 40.4 Å². The number of rotatable bonds is 5. The Kier molecular flexibility index (Phi) is 6.70. The van der Waals surface area contributed by atoms with Gasteiger partial charge in [-0.2, -0.15) is 0 Å². The van der Waals surface area contributed by atoms with Crippen molar-refractivity contribution in [1.82, 2.24) is 10.2 Å². The SMILES string of the molecule is CN1CCc2ccc(NC(=O)C(NC(=O)c3ccc(Cl)s3)c3ccccc3)cc2CC1. The summed E-state index contributed by atoms with van der Waals surface area (Å²) in [6, 6.07) is 17.8. The Morgan fingerprint density at radius 2 is 1.74 bits per heavy atom. The summed E-state index contributed by atoms with van der Waals surface area (Å²) in [6.45, 7) is 2.03. The zero-order valence-corrected chi connectivity index (χ0v) is 18.8. The Morgan fingerprint density at radius 3 is 2.45 bits per heavy atom. The lowest BCUT2D eigenvalue weighted by Crippen LogP contribution is -2.36. The molecule has 0 saturated carbocycles. The lowest BCUT2D eigenvalue weighted by Gasteiger charge is -2.19. The fraction of sp³-hybridized carbons (Fsp3) is 0.250. The Morgan fingerprint density at radius 1 is 1.00 bits per heavy atom. The van der Waals surface area contributed by atoms with Gasteiger partial charge in [0, 0.05) is 18.8 Å². The van der Waals surface area contributed by atoms with Gasteiger partial charge in [0.2, 0.25) is 0 Å². The number of amides is 2. The number of hydrogen-bond acceptors (Lipinski definition) is 4. The van der Waals surface area contributed by atoms with E-state index >= 15 is 0 Å². The van der Waals surface area contributed by atoms with Gasteiger partial charge in [0.05, 0.1) is 9.21 Å². The zero-order chi connectivity index (χ0) is 21.8. The third-order valence-electron chi connectivity index (χ3n) is 5.47. The van der Waals surface area contributed by atoms with Crippen LogP contribution in [0.3, 0.4) is 0 Å². The quantitative estimate of drug-likeness (QED) is 0.596. The molecule has 1 aliphatic heterocycles. The molecule has 160 valence electrons. The third-order valence-corrected chi connectivity index (χ3v) is 6.70. The summed E-state index contributed by atoms with van der Waals surface area (Å²) >= 11 is 7.15. The standard InChI is InChI=1S/C24H24ClN3O2S/c1-28-13-11-16-7-8-19(15-18(16)12-14-28)26-24(30)22(17-5-3-2-4-6-17)27-23(29)20-9-10-21(25)31-20/h2-10,15,22H,11-14H2,1H3,(H,26,30)(H,27,29). The van der Waals surface area contributed by atoms with Gasteiger partial charge >= 0.3 is 0 Å². The van der Waals surface area contributed by atoms with E-state index in [9.17, 15) is 9.59 Å². The van der Waals surface area contributed by atoms with E-state index in [2.05, 4.69) is 34.7 Å². The minimum Gasteiger partial charge on any atom is -0.336 e. The second-order valence-corrected chi connectivity index (χ2v) is 9.41. The number of thiophene rings is 1. The van der Waals surface area contributed by atoms with Crippen molar-refractivity contribution in [2.75, 3.05) is 25.5 Å². The fourth-order valence-corrected chi connectivity index (χ4v) is 4.66. The summed E-state index contributed by atoms with van der Waals surface area (Å²) in [4.78, 5) is 28.7. The van der Waals surface area contributed by atoms with Crippen LogP contribution in [0.1, 0.15) is 32.4 Å². The maximum absolute atomic E-state index is 13.2. The summed E-state index contributed by atoms with van der Waals surface area (Å²) in [5.41, 5.74) is 4.04. The van der Waals surface area contributed by atoms with Crippen LogP contribution in [-0.4, -0.2) is 36.9 Å². The molecular formula is C24H24ClN3O2S. The van der Waals surface area contributed by atoms with Crippen molar-refractivity contribution in [3.05, 3.63) is 86.6 Å². The Labute approximate surface area is 191 Å². The first-order valence-corrected chi connectivity index (χ1v) is 11.4. The van der Waals surface area contributed by atoms with Gasteiger partial charge in [-0.25, -0.2) is 0 Å². The van der Waals surface area contributed by atoms with E-state index in [1.807, 2.05) is 36.4 Å². The van der Waals surface area contributed by atoms with Crippen LogP contribution in [0.2, 0.25) is 4.34 Å². The second-order valence-electron chi connectivity index (χ2n) is 7.70. The molecule has 1 unspecified atom stereocenters. The average molecular weight is 454 g/mol. The maximum Gasteiger partial charge on any atom is 0.262 e. The molecule has 2 N–H and O–H groups in total. The molecule has 2 heterocycles. The highest BCUT2D eigenvalue weighted by Crippen LogP contribution is 2.24. The molecule has 1 aromatic heterocycles. The molecule has 0 fully saturated rings. The Balaban J connectivity index is 1.54. The first kappa shape index (κ1) is 21.6. The summed E-state index contributed by atoms with van der Waals surface area (Å²) in [5, 5.41) is 5.85. The molecule has 2 aromatic carbocycles. The fourth-order valence-electron chi connectivity index (χ4n) is 3.71. The van der Waals surface area contributed by atoms with Crippen LogP contribution >= 0.6 is 22.9 Å². The normalized spacial score (nSPS) is 14.9. The second kappa shape index (κ2) is 9.64. The average Bonchev–Trinajstić information content (AvgIpc) is 3.13. The van der Waals surface area contributed by atoms with Gasteiger partial charge in [-0.3, -0.25) is 9.59 Å². The van der Waals surface area contributed by atoms with Crippen LogP contribution in [0.15, 0.2) is 60.7 Å². The highest BCUT2D eigenvalue weighted by molar-refractivity contribution is 7.18. The molecule has 0 spiro atoms. The van der Waals surface area contributed by atoms with Gasteiger partial charge in [-0.05, 0) is 60.8 Å². The predicted molar refractivity (Wildman–Crippen MR) is 126 cm³/mol. The summed E-state index contributed by atoms with van der Waals surface area (Å²) in [5.74, 6) is -0.612. The molecule has 3 aromatic rings. The Bertz CT molecular complexity index is 1080. The van der Waals surface area contributed by atoms with Crippen molar-refractivity contribution in [3.63, 3.8) is 0 Å². The maximum atomic E-state index is 13.2. The van der Waals surface area contributed by atoms with Crippen LogP contribution in [0.25, 0.3) is 0 Å². The van der Waals surface area contributed by atoms with Gasteiger partial charge in [0.1, 0.15) is 6.04 Å². The molecule has 0 bridgehead atoms. The molecule has 1 atom stereocenters. The van der Waals surface area contributed by atoms with Crippen molar-refractivity contribution in [3.8, 4) is 0 Å². The summed E-state index contributed by atoms with van der Waals surface area (Å²) < 4.78 is 0.529. The first-order valence-electron chi connectivity index (χ1n) is 10.2. The molecule has 5 nitrogen and oxygen atoms in total. The van der Waals surface area contributed by atoms with E-state index in [1.54, 1.807) is 12.1 Å². The van der Waals surface area contributed by atoms with Crippen LogP contribution < -0.4 is 10.6 Å². The number of fused-ring (bicyclic) bond motifs is 1. The number of nitrogens with one attached hydrogen (secondary N) is 2. The molecule has 4 rings (SSSR count). The minimum atomic E-state index is -0.820. The van der Waals surface area contributed by atoms with Crippen molar-refractivity contribution in [1.29, 1.82) is 0 Å². The molecule has 2 amide bonds. The van der Waals surface area contributed by atoms with E-state index in [4.69, 9.17) is 11.6 Å². The van der Waals surface area contributed by atoms with Gasteiger partial charge in [-0.1, -0.05) is 48.0 Å². The molecule has 1 aliphatic rings. The van der Waals surface area contributed by atoms with E-state index in [0.29, 0.717) is 14.8 Å². The van der Waals surface area contributed by atoms with Crippen LogP contribution in [-0.2, 0) is 17.6 Å². The topological polar surface area (TPSA) is 61.4 Å². The molecular weight excluding hydrogens is 430 g/mol. The molecule has 0 radical (unpaired) electrons. The summed E-state index contributed by atoms with van der Waals surface area (Å²) in [7, 11) is 2.13. The number of carbonyl (C=O) groups is 2. The number of carbonyl (C=O) groups excluding carboxylic acids is 2. The lowest BCUT2D eigenvalue weighted by atomic mass is 10.0. The van der Waals surface area contributed by atoms with Gasteiger partial charge < -0.3 is 15.5 Å². The van der Waals surface area contributed by atoms with Gasteiger partial charge in [-0.15, -0.1) is 11.3 Å². The number of hydrogen-bond donors (Lipinski definition) is 2. The molecule has 31 heavy (non-hydrogen) atoms. The van der Waals surface area contributed by atoms with Crippen LogP contribution in [0, 0.1) is 0 Å². The van der Waals surface area contributed by atoms with Gasteiger partial charge in [0.15, 0.2) is 0 Å². The lowest BCUT2D eigenvalue weighted by molar-refractivity contribution is -0.118. The number of benzene rings is 2. The van der Waals surface area contributed by atoms with Crippen molar-refractivity contribution < 1.29 is 9.59 Å². The van der Waals surface area contributed by atoms with E-state index in [1.165, 1.54) is 22.5 Å². The predicted octanol–water partition coefficient (Wildman–Crippen LogP) is 4.54. The number of likely N-dealkylation sites (N-methyl/N-ethyl adjacent to an activating group) is 1.